The molecule has 4 heteroatoms. The van der Waals surface area contributed by atoms with E-state index in [4.69, 9.17) is 0 Å². The zero-order chi connectivity index (χ0) is 18.5. The third-order valence-electron chi connectivity index (χ3n) is 5.43. The molecule has 148 valence electrons. The van der Waals surface area contributed by atoms with Gasteiger partial charge in [0.1, 0.15) is 0 Å². The maximum Gasteiger partial charge on any atom is 0.317 e. The SMILES string of the molecule is CCCCCCCCCCCN(C(=O)NC1CCCCC1O)C(C)C. The topological polar surface area (TPSA) is 52.6 Å². The minimum Gasteiger partial charge on any atom is -0.391 e. The lowest BCUT2D eigenvalue weighted by Crippen LogP contribution is -2.52. The number of aliphatic hydroxyl groups excluding tert-OH is 1. The van der Waals surface area contributed by atoms with E-state index in [0.29, 0.717) is 0 Å². The van der Waals surface area contributed by atoms with Crippen LogP contribution in [-0.2, 0) is 0 Å². The minimum atomic E-state index is -0.376. The van der Waals surface area contributed by atoms with Crippen LogP contribution in [0, 0.1) is 0 Å². The van der Waals surface area contributed by atoms with Crippen molar-refractivity contribution in [2.75, 3.05) is 6.54 Å². The van der Waals surface area contributed by atoms with Gasteiger partial charge in [-0.1, -0.05) is 71.1 Å². The molecule has 0 heterocycles. The van der Waals surface area contributed by atoms with E-state index in [9.17, 15) is 9.90 Å². The number of carbonyl (C=O) groups excluding carboxylic acids is 1. The molecule has 0 spiro atoms. The lowest BCUT2D eigenvalue weighted by atomic mass is 9.93. The molecule has 1 aliphatic rings. The van der Waals surface area contributed by atoms with E-state index in [2.05, 4.69) is 26.1 Å². The standard InChI is InChI=1S/C21H42N2O2/c1-4-5-6-7-8-9-10-11-14-17-23(18(2)3)21(25)22-19-15-12-13-16-20(19)24/h18-20,24H,4-17H2,1-3H3,(H,22,25). The van der Waals surface area contributed by atoms with Crippen LogP contribution in [0.15, 0.2) is 0 Å². The van der Waals surface area contributed by atoms with E-state index in [1.54, 1.807) is 0 Å². The molecule has 0 aliphatic heterocycles. The van der Waals surface area contributed by atoms with E-state index in [0.717, 1.165) is 38.6 Å². The summed E-state index contributed by atoms with van der Waals surface area (Å²) in [5.74, 6) is 0. The Balaban J connectivity index is 2.19. The number of hydrogen-bond donors (Lipinski definition) is 2. The number of aliphatic hydroxyl groups is 1. The Morgan fingerprint density at radius 2 is 1.56 bits per heavy atom. The Morgan fingerprint density at radius 3 is 2.12 bits per heavy atom. The van der Waals surface area contributed by atoms with Crippen molar-refractivity contribution in [3.63, 3.8) is 0 Å². The predicted molar refractivity (Wildman–Crippen MR) is 106 cm³/mol. The molecular formula is C21H42N2O2. The van der Waals surface area contributed by atoms with Crippen molar-refractivity contribution in [3.05, 3.63) is 0 Å². The van der Waals surface area contributed by atoms with Gasteiger partial charge in [-0.25, -0.2) is 4.79 Å². The van der Waals surface area contributed by atoms with Gasteiger partial charge in [0.05, 0.1) is 12.1 Å². The van der Waals surface area contributed by atoms with Gasteiger partial charge in [0.2, 0.25) is 0 Å². The van der Waals surface area contributed by atoms with E-state index in [1.807, 2.05) is 4.90 Å². The van der Waals surface area contributed by atoms with Crippen molar-refractivity contribution in [2.45, 2.75) is 122 Å². The summed E-state index contributed by atoms with van der Waals surface area (Å²) in [6.45, 7) is 7.23. The normalized spacial score (nSPS) is 20.7. The summed E-state index contributed by atoms with van der Waals surface area (Å²) in [5.41, 5.74) is 0. The van der Waals surface area contributed by atoms with E-state index in [1.165, 1.54) is 51.4 Å². The summed E-state index contributed by atoms with van der Waals surface area (Å²) in [7, 11) is 0. The fourth-order valence-corrected chi connectivity index (χ4v) is 3.71. The summed E-state index contributed by atoms with van der Waals surface area (Å²) >= 11 is 0. The molecule has 2 atom stereocenters. The second-order valence-corrected chi connectivity index (χ2v) is 8.02. The molecule has 0 radical (unpaired) electrons. The highest BCUT2D eigenvalue weighted by atomic mass is 16.3. The maximum atomic E-state index is 12.6. The van der Waals surface area contributed by atoms with Gasteiger partial charge < -0.3 is 15.3 Å². The van der Waals surface area contributed by atoms with Crippen molar-refractivity contribution < 1.29 is 9.90 Å². The van der Waals surface area contributed by atoms with Gasteiger partial charge in [-0.15, -0.1) is 0 Å². The number of unbranched alkanes of at least 4 members (excludes halogenated alkanes) is 8. The van der Waals surface area contributed by atoms with Gasteiger partial charge in [0.25, 0.3) is 0 Å². The number of amides is 2. The Hall–Kier alpha value is -0.770. The quantitative estimate of drug-likeness (QED) is 0.471. The van der Waals surface area contributed by atoms with Crippen LogP contribution in [0.5, 0.6) is 0 Å². The molecule has 0 aromatic carbocycles. The van der Waals surface area contributed by atoms with Crippen LogP contribution in [0.3, 0.4) is 0 Å². The number of hydrogen-bond acceptors (Lipinski definition) is 2. The van der Waals surface area contributed by atoms with Crippen molar-refractivity contribution in [1.82, 2.24) is 10.2 Å². The zero-order valence-electron chi connectivity index (χ0n) is 16.9. The summed E-state index contributed by atoms with van der Waals surface area (Å²) < 4.78 is 0. The van der Waals surface area contributed by atoms with Crippen molar-refractivity contribution in [2.24, 2.45) is 0 Å². The van der Waals surface area contributed by atoms with Gasteiger partial charge in [0, 0.05) is 12.6 Å². The number of nitrogens with zero attached hydrogens (tertiary/aromatic N) is 1. The van der Waals surface area contributed by atoms with Crippen molar-refractivity contribution in [3.8, 4) is 0 Å². The Labute approximate surface area is 155 Å². The molecule has 1 fully saturated rings. The summed E-state index contributed by atoms with van der Waals surface area (Å²) in [5, 5.41) is 13.1. The third-order valence-corrected chi connectivity index (χ3v) is 5.43. The average molecular weight is 355 g/mol. The molecule has 0 aromatic rings. The number of urea groups is 1. The first-order valence-electron chi connectivity index (χ1n) is 10.8. The number of rotatable bonds is 12. The first kappa shape index (κ1) is 22.3. The first-order valence-corrected chi connectivity index (χ1v) is 10.8. The van der Waals surface area contributed by atoms with Crippen LogP contribution in [0.25, 0.3) is 0 Å². The van der Waals surface area contributed by atoms with E-state index in [-0.39, 0.29) is 24.2 Å². The van der Waals surface area contributed by atoms with Gasteiger partial charge in [0.15, 0.2) is 0 Å². The lowest BCUT2D eigenvalue weighted by Gasteiger charge is -2.33. The first-order chi connectivity index (χ1) is 12.1. The van der Waals surface area contributed by atoms with E-state index < -0.39 is 0 Å². The molecule has 2 amide bonds. The Bertz CT molecular complexity index is 347. The van der Waals surface area contributed by atoms with Crippen LogP contribution in [0.1, 0.15) is 104 Å². The van der Waals surface area contributed by atoms with Gasteiger partial charge in [-0.3, -0.25) is 0 Å². The molecule has 1 rings (SSSR count). The summed E-state index contributed by atoms with van der Waals surface area (Å²) in [4.78, 5) is 14.5. The zero-order valence-corrected chi connectivity index (χ0v) is 16.9. The van der Waals surface area contributed by atoms with Gasteiger partial charge >= 0.3 is 6.03 Å². The molecule has 2 unspecified atom stereocenters. The van der Waals surface area contributed by atoms with Crippen molar-refractivity contribution in [1.29, 1.82) is 0 Å². The molecule has 0 saturated heterocycles. The highest BCUT2D eigenvalue weighted by molar-refractivity contribution is 5.74. The van der Waals surface area contributed by atoms with Gasteiger partial charge in [-0.2, -0.15) is 0 Å². The van der Waals surface area contributed by atoms with Crippen LogP contribution in [0.4, 0.5) is 4.79 Å². The molecule has 2 N–H and O–H groups in total. The number of nitrogens with one attached hydrogen (secondary N) is 1. The smallest absolute Gasteiger partial charge is 0.317 e. The Morgan fingerprint density at radius 1 is 1.00 bits per heavy atom. The fraction of sp³-hybridized carbons (Fsp3) is 0.952. The second kappa shape index (κ2) is 13.4. The van der Waals surface area contributed by atoms with Crippen molar-refractivity contribution >= 4 is 6.03 Å². The average Bonchev–Trinajstić information content (AvgIpc) is 2.58. The third kappa shape index (κ3) is 9.48. The molecule has 1 aliphatic carbocycles. The summed E-state index contributed by atoms with van der Waals surface area (Å²) in [6.07, 6.45) is 15.2. The Kier molecular flexibility index (Phi) is 12.0. The lowest BCUT2D eigenvalue weighted by molar-refractivity contribution is 0.0880. The molecular weight excluding hydrogens is 312 g/mol. The monoisotopic (exact) mass is 354 g/mol. The number of carbonyl (C=O) groups is 1. The fourth-order valence-electron chi connectivity index (χ4n) is 3.71. The maximum absolute atomic E-state index is 12.6. The van der Waals surface area contributed by atoms with Crippen LogP contribution >= 0.6 is 0 Å². The van der Waals surface area contributed by atoms with Crippen LogP contribution < -0.4 is 5.32 Å². The highest BCUT2D eigenvalue weighted by Gasteiger charge is 2.27. The largest absolute Gasteiger partial charge is 0.391 e. The van der Waals surface area contributed by atoms with Gasteiger partial charge in [-0.05, 0) is 33.1 Å². The highest BCUT2D eigenvalue weighted by Crippen LogP contribution is 2.19. The molecule has 0 aromatic heterocycles. The molecule has 1 saturated carbocycles. The molecule has 0 bridgehead atoms. The molecule has 4 nitrogen and oxygen atoms in total. The van der Waals surface area contributed by atoms with Crippen LogP contribution in [-0.4, -0.2) is 40.8 Å². The van der Waals surface area contributed by atoms with Crippen LogP contribution in [0.2, 0.25) is 0 Å². The second-order valence-electron chi connectivity index (χ2n) is 8.02. The molecule has 25 heavy (non-hydrogen) atoms. The van der Waals surface area contributed by atoms with E-state index >= 15 is 0 Å². The minimum absolute atomic E-state index is 0.000477. The predicted octanol–water partition coefficient (Wildman–Crippen LogP) is 5.24. The summed E-state index contributed by atoms with van der Waals surface area (Å²) in [6, 6.07) is 0.140.